The normalized spacial score (nSPS) is 10.4. The van der Waals surface area contributed by atoms with Crippen LogP contribution in [0.15, 0.2) is 48.8 Å². The zero-order valence-electron chi connectivity index (χ0n) is 14.1. The summed E-state index contributed by atoms with van der Waals surface area (Å²) in [6.07, 6.45) is 3.17. The van der Waals surface area contributed by atoms with Gasteiger partial charge in [0.25, 0.3) is 11.6 Å². The first-order chi connectivity index (χ1) is 12.9. The molecule has 3 aromatic rings. The van der Waals surface area contributed by atoms with Crippen LogP contribution in [0.25, 0.3) is 0 Å². The molecule has 9 nitrogen and oxygen atoms in total. The van der Waals surface area contributed by atoms with Gasteiger partial charge in [0.2, 0.25) is 0 Å². The summed E-state index contributed by atoms with van der Waals surface area (Å²) in [5.74, 6) is 0.302. The zero-order valence-corrected chi connectivity index (χ0v) is 14.9. The summed E-state index contributed by atoms with van der Waals surface area (Å²) in [4.78, 5) is 26.4. The Morgan fingerprint density at radius 2 is 2.15 bits per heavy atom. The summed E-state index contributed by atoms with van der Waals surface area (Å²) < 4.78 is 6.89. The molecule has 138 valence electrons. The van der Waals surface area contributed by atoms with Gasteiger partial charge in [0.05, 0.1) is 9.95 Å². The number of carbonyl (C=O) groups excluding carboxylic acids is 1. The minimum Gasteiger partial charge on any atom is -0.470 e. The van der Waals surface area contributed by atoms with E-state index in [1.807, 2.05) is 13.0 Å². The van der Waals surface area contributed by atoms with Crippen LogP contribution < -0.4 is 10.1 Å². The molecule has 0 aliphatic carbocycles. The van der Waals surface area contributed by atoms with E-state index < -0.39 is 10.8 Å². The average molecular weight is 388 g/mol. The van der Waals surface area contributed by atoms with Crippen LogP contribution in [-0.2, 0) is 6.73 Å². The Kier molecular flexibility index (Phi) is 5.32. The lowest BCUT2D eigenvalue weighted by Crippen LogP contribution is -2.15. The molecule has 0 fully saturated rings. The number of non-ortho nitro benzene ring substituents is 1. The predicted octanol–water partition coefficient (Wildman–Crippen LogP) is 3.44. The first kappa shape index (κ1) is 18.3. The number of benzene rings is 1. The first-order valence-electron chi connectivity index (χ1n) is 7.76. The average Bonchev–Trinajstić information content (AvgIpc) is 3.09. The van der Waals surface area contributed by atoms with Crippen molar-refractivity contribution in [3.63, 3.8) is 0 Å². The molecule has 2 aromatic heterocycles. The lowest BCUT2D eigenvalue weighted by Gasteiger charge is -2.07. The predicted molar refractivity (Wildman–Crippen MR) is 97.9 cm³/mol. The van der Waals surface area contributed by atoms with Crippen molar-refractivity contribution in [3.05, 3.63) is 75.2 Å². The van der Waals surface area contributed by atoms with E-state index in [-0.39, 0.29) is 28.9 Å². The van der Waals surface area contributed by atoms with Crippen molar-refractivity contribution in [1.29, 1.82) is 0 Å². The standard InChI is InChI=1S/C17H14ClN5O4/c1-11-4-6-19-16(8-11)20-17(24)14-5-7-22(21-14)10-27-15-3-2-12(23(25)26)9-13(15)18/h2-9H,10H2,1H3,(H,19,20,24). The number of carbonyl (C=O) groups is 1. The van der Waals surface area contributed by atoms with Crippen molar-refractivity contribution in [3.8, 4) is 5.75 Å². The third-order valence-electron chi connectivity index (χ3n) is 3.51. The molecule has 0 aliphatic heterocycles. The number of pyridine rings is 1. The summed E-state index contributed by atoms with van der Waals surface area (Å²) in [7, 11) is 0. The zero-order chi connectivity index (χ0) is 19.4. The van der Waals surface area contributed by atoms with Crippen molar-refractivity contribution in [1.82, 2.24) is 14.8 Å². The van der Waals surface area contributed by atoms with Crippen LogP contribution in [0.1, 0.15) is 16.1 Å². The van der Waals surface area contributed by atoms with E-state index in [1.165, 1.54) is 28.9 Å². The summed E-state index contributed by atoms with van der Waals surface area (Å²) in [6, 6.07) is 9.00. The largest absolute Gasteiger partial charge is 0.470 e. The molecule has 0 radical (unpaired) electrons. The van der Waals surface area contributed by atoms with E-state index in [9.17, 15) is 14.9 Å². The van der Waals surface area contributed by atoms with Gasteiger partial charge < -0.3 is 10.1 Å². The van der Waals surface area contributed by atoms with Crippen molar-refractivity contribution in [2.24, 2.45) is 0 Å². The highest BCUT2D eigenvalue weighted by Crippen LogP contribution is 2.28. The van der Waals surface area contributed by atoms with E-state index in [2.05, 4.69) is 15.4 Å². The van der Waals surface area contributed by atoms with Crippen LogP contribution in [0, 0.1) is 17.0 Å². The van der Waals surface area contributed by atoms with Gasteiger partial charge in [-0.15, -0.1) is 0 Å². The highest BCUT2D eigenvalue weighted by Gasteiger charge is 2.13. The maximum Gasteiger partial charge on any atom is 0.277 e. The number of hydrogen-bond donors (Lipinski definition) is 1. The molecule has 0 aliphatic rings. The molecule has 0 atom stereocenters. The van der Waals surface area contributed by atoms with E-state index in [4.69, 9.17) is 16.3 Å². The van der Waals surface area contributed by atoms with Gasteiger partial charge in [-0.2, -0.15) is 5.10 Å². The lowest BCUT2D eigenvalue weighted by atomic mass is 10.3. The Morgan fingerprint density at radius 3 is 2.85 bits per heavy atom. The number of anilines is 1. The monoisotopic (exact) mass is 387 g/mol. The molecule has 0 unspecified atom stereocenters. The number of nitrogens with zero attached hydrogens (tertiary/aromatic N) is 4. The van der Waals surface area contributed by atoms with E-state index in [0.717, 1.165) is 5.56 Å². The lowest BCUT2D eigenvalue weighted by molar-refractivity contribution is -0.384. The smallest absolute Gasteiger partial charge is 0.277 e. The first-order valence-corrected chi connectivity index (χ1v) is 8.14. The topological polar surface area (TPSA) is 112 Å². The number of rotatable bonds is 6. The van der Waals surface area contributed by atoms with Crippen molar-refractivity contribution in [2.75, 3.05) is 5.32 Å². The van der Waals surface area contributed by atoms with Crippen molar-refractivity contribution < 1.29 is 14.5 Å². The maximum atomic E-state index is 12.2. The molecule has 27 heavy (non-hydrogen) atoms. The van der Waals surface area contributed by atoms with Gasteiger partial charge >= 0.3 is 0 Å². The quantitative estimate of drug-likeness (QED) is 0.512. The number of nitrogens with one attached hydrogen (secondary N) is 1. The molecular weight excluding hydrogens is 374 g/mol. The van der Waals surface area contributed by atoms with Crippen molar-refractivity contribution in [2.45, 2.75) is 13.7 Å². The maximum absolute atomic E-state index is 12.2. The van der Waals surface area contributed by atoms with Gasteiger partial charge in [0.1, 0.15) is 11.6 Å². The summed E-state index contributed by atoms with van der Waals surface area (Å²) >= 11 is 5.97. The van der Waals surface area contributed by atoms with Crippen LogP contribution >= 0.6 is 11.6 Å². The molecule has 0 saturated heterocycles. The molecule has 0 bridgehead atoms. The fraction of sp³-hybridized carbons (Fsp3) is 0.118. The number of ether oxygens (including phenoxy) is 1. The molecule has 3 rings (SSSR count). The molecule has 10 heteroatoms. The fourth-order valence-corrected chi connectivity index (χ4v) is 2.42. The number of aromatic nitrogens is 3. The number of halogens is 1. The summed E-state index contributed by atoms with van der Waals surface area (Å²) in [5.41, 5.74) is 1.03. The van der Waals surface area contributed by atoms with Crippen LogP contribution in [0.3, 0.4) is 0 Å². The molecule has 1 N–H and O–H groups in total. The Balaban J connectivity index is 1.62. The molecule has 1 aromatic carbocycles. The molecule has 0 spiro atoms. The molecule has 1 amide bonds. The van der Waals surface area contributed by atoms with Crippen LogP contribution in [0.4, 0.5) is 11.5 Å². The summed E-state index contributed by atoms with van der Waals surface area (Å²) in [6.45, 7) is 1.88. The molecule has 0 saturated carbocycles. The van der Waals surface area contributed by atoms with Gasteiger partial charge in [-0.25, -0.2) is 9.67 Å². The Labute approximate surface area is 158 Å². The van der Waals surface area contributed by atoms with E-state index in [1.54, 1.807) is 18.5 Å². The Hall–Kier alpha value is -3.46. The van der Waals surface area contributed by atoms with Crippen LogP contribution in [0.5, 0.6) is 5.75 Å². The van der Waals surface area contributed by atoms with Crippen molar-refractivity contribution >= 4 is 29.0 Å². The van der Waals surface area contributed by atoms with Crippen LogP contribution in [0.2, 0.25) is 5.02 Å². The van der Waals surface area contributed by atoms with Crippen LogP contribution in [-0.4, -0.2) is 25.6 Å². The highest BCUT2D eigenvalue weighted by atomic mass is 35.5. The Morgan fingerprint density at radius 1 is 1.33 bits per heavy atom. The second kappa shape index (κ2) is 7.83. The van der Waals surface area contributed by atoms with Gasteiger partial charge in [-0.3, -0.25) is 14.9 Å². The minimum absolute atomic E-state index is 0.0203. The van der Waals surface area contributed by atoms with Gasteiger partial charge in [-0.1, -0.05) is 11.6 Å². The number of amides is 1. The minimum atomic E-state index is -0.545. The second-order valence-electron chi connectivity index (χ2n) is 5.56. The summed E-state index contributed by atoms with van der Waals surface area (Å²) in [5, 5.41) is 17.6. The number of nitro groups is 1. The number of nitro benzene ring substituents is 1. The van der Waals surface area contributed by atoms with E-state index >= 15 is 0 Å². The molecule has 2 heterocycles. The highest BCUT2D eigenvalue weighted by molar-refractivity contribution is 6.32. The number of aryl methyl sites for hydroxylation is 1. The third-order valence-corrected chi connectivity index (χ3v) is 3.80. The second-order valence-corrected chi connectivity index (χ2v) is 5.97. The van der Waals surface area contributed by atoms with E-state index in [0.29, 0.717) is 5.82 Å². The van der Waals surface area contributed by atoms with Gasteiger partial charge in [-0.05, 0) is 36.8 Å². The SMILES string of the molecule is Cc1ccnc(NC(=O)c2ccn(COc3ccc([N+](=O)[O-])cc3Cl)n2)c1. The third kappa shape index (κ3) is 4.59. The fourth-order valence-electron chi connectivity index (χ4n) is 2.20. The Bertz CT molecular complexity index is 1000. The van der Waals surface area contributed by atoms with Gasteiger partial charge in [0, 0.05) is 24.5 Å². The van der Waals surface area contributed by atoms with Gasteiger partial charge in [0.15, 0.2) is 12.4 Å². The molecular formula is C17H14ClN5O4. The number of hydrogen-bond acceptors (Lipinski definition) is 6.